The topological polar surface area (TPSA) is 15.6 Å². The summed E-state index contributed by atoms with van der Waals surface area (Å²) in [7, 11) is 0. The van der Waals surface area contributed by atoms with E-state index in [4.69, 9.17) is 4.99 Å². The van der Waals surface area contributed by atoms with E-state index < -0.39 is 0 Å². The van der Waals surface area contributed by atoms with Crippen LogP contribution in [0.2, 0.25) is 0 Å². The van der Waals surface area contributed by atoms with E-state index in [1.54, 1.807) is 0 Å². The number of benzene rings is 9. The minimum absolute atomic E-state index is 0.0178. The van der Waals surface area contributed by atoms with E-state index >= 15 is 0 Å². The molecule has 2 nitrogen and oxygen atoms in total. The summed E-state index contributed by atoms with van der Waals surface area (Å²) in [6.07, 6.45) is 6.69. The van der Waals surface area contributed by atoms with Gasteiger partial charge in [-0.05, 0) is 105 Å². The molecule has 0 saturated carbocycles. The van der Waals surface area contributed by atoms with Gasteiger partial charge in [0.05, 0.1) is 12.3 Å². The SMILES string of the molecule is C1=CN2CC(c3ccc(-c4c5ccccc5c(-c5c6ccccc6c(-c6ccccc6)c6ccccc56)c5ccccc45)cc3)=NC2C=C1c1ccccc1. The Bertz CT molecular complexity index is 2930. The van der Waals surface area contributed by atoms with Gasteiger partial charge in [0, 0.05) is 6.20 Å². The average molecular weight is 701 g/mol. The smallest absolute Gasteiger partial charge is 0.141 e. The van der Waals surface area contributed by atoms with Gasteiger partial charge in [-0.2, -0.15) is 0 Å². The summed E-state index contributed by atoms with van der Waals surface area (Å²) in [4.78, 5) is 7.51. The van der Waals surface area contributed by atoms with E-state index in [-0.39, 0.29) is 6.17 Å². The van der Waals surface area contributed by atoms with E-state index in [0.717, 1.165) is 12.3 Å². The first kappa shape index (κ1) is 31.5. The highest BCUT2D eigenvalue weighted by Gasteiger charge is 2.27. The zero-order valence-corrected chi connectivity index (χ0v) is 30.2. The maximum Gasteiger partial charge on any atom is 0.141 e. The number of nitrogens with zero attached hydrogens (tertiary/aromatic N) is 2. The van der Waals surface area contributed by atoms with Gasteiger partial charge >= 0.3 is 0 Å². The number of fused-ring (bicyclic) bond motifs is 5. The molecule has 0 saturated heterocycles. The van der Waals surface area contributed by atoms with Gasteiger partial charge in [0.25, 0.3) is 0 Å². The van der Waals surface area contributed by atoms with Crippen molar-refractivity contribution < 1.29 is 0 Å². The normalized spacial score (nSPS) is 15.1. The highest BCUT2D eigenvalue weighted by molar-refractivity contribution is 6.30. The molecular weight excluding hydrogens is 665 g/mol. The lowest BCUT2D eigenvalue weighted by molar-refractivity contribution is 0.395. The van der Waals surface area contributed by atoms with Crippen molar-refractivity contribution in [1.82, 2.24) is 4.90 Å². The molecule has 1 unspecified atom stereocenters. The third-order valence-electron chi connectivity index (χ3n) is 11.5. The predicted molar refractivity (Wildman–Crippen MR) is 233 cm³/mol. The number of aliphatic imine (C=N–C) groups is 1. The van der Waals surface area contributed by atoms with Gasteiger partial charge in [0.15, 0.2) is 0 Å². The van der Waals surface area contributed by atoms with Crippen molar-refractivity contribution in [1.29, 1.82) is 0 Å². The molecule has 2 aliphatic heterocycles. The molecule has 55 heavy (non-hydrogen) atoms. The maximum atomic E-state index is 5.19. The molecule has 0 bridgehead atoms. The Morgan fingerprint density at radius 3 is 1.18 bits per heavy atom. The van der Waals surface area contributed by atoms with Crippen LogP contribution < -0.4 is 0 Å². The molecule has 0 amide bonds. The molecule has 11 rings (SSSR count). The Balaban J connectivity index is 1.08. The fourth-order valence-electron chi connectivity index (χ4n) is 9.05. The zero-order chi connectivity index (χ0) is 36.3. The van der Waals surface area contributed by atoms with E-state index in [1.807, 2.05) is 0 Å². The Kier molecular flexibility index (Phi) is 7.34. The molecular formula is C53H36N2. The fraction of sp³-hybridized carbons (Fsp3) is 0.0377. The van der Waals surface area contributed by atoms with E-state index in [9.17, 15) is 0 Å². The fourth-order valence-corrected chi connectivity index (χ4v) is 9.05. The van der Waals surface area contributed by atoms with Crippen LogP contribution in [0.4, 0.5) is 0 Å². The molecule has 0 spiro atoms. The minimum atomic E-state index is 0.0178. The Labute approximate surface area is 320 Å². The van der Waals surface area contributed by atoms with Crippen molar-refractivity contribution in [2.45, 2.75) is 6.17 Å². The largest absolute Gasteiger partial charge is 0.347 e. The molecule has 0 N–H and O–H groups in total. The van der Waals surface area contributed by atoms with Crippen molar-refractivity contribution >= 4 is 54.4 Å². The molecule has 9 aromatic rings. The maximum absolute atomic E-state index is 5.19. The third kappa shape index (κ3) is 5.14. The number of allylic oxidation sites excluding steroid dienone is 2. The summed E-state index contributed by atoms with van der Waals surface area (Å²) in [5.41, 5.74) is 12.3. The molecule has 9 aromatic carbocycles. The molecule has 0 radical (unpaired) electrons. The standard InChI is InChI=1S/C53H36N2/c1-3-15-35(16-4-1)39-31-32-55-34-48(54-49(55)33-39)36-27-29-38(30-28-36)51-42-21-9-13-25-46(42)53(47-26-14-10-22-43(47)51)52-44-23-11-7-19-40(44)50(37-17-5-2-6-18-37)41-20-8-12-24-45(41)52/h1-33,49H,34H2. The van der Waals surface area contributed by atoms with Gasteiger partial charge in [0.2, 0.25) is 0 Å². The highest BCUT2D eigenvalue weighted by Crippen LogP contribution is 2.50. The molecule has 258 valence electrons. The van der Waals surface area contributed by atoms with Crippen molar-refractivity contribution in [3.8, 4) is 33.4 Å². The van der Waals surface area contributed by atoms with E-state index in [1.165, 1.54) is 93.2 Å². The molecule has 2 heterocycles. The lowest BCUT2D eigenvalue weighted by Gasteiger charge is -2.23. The lowest BCUT2D eigenvalue weighted by atomic mass is 9.81. The average Bonchev–Trinajstić information content (AvgIpc) is 3.69. The van der Waals surface area contributed by atoms with Crippen molar-refractivity contribution in [3.63, 3.8) is 0 Å². The van der Waals surface area contributed by atoms with Gasteiger partial charge in [-0.1, -0.05) is 182 Å². The van der Waals surface area contributed by atoms with Crippen LogP contribution >= 0.6 is 0 Å². The third-order valence-corrected chi connectivity index (χ3v) is 11.5. The van der Waals surface area contributed by atoms with Crippen LogP contribution in [0.15, 0.2) is 205 Å². The van der Waals surface area contributed by atoms with Crippen LogP contribution in [0.5, 0.6) is 0 Å². The lowest BCUT2D eigenvalue weighted by Crippen LogP contribution is -2.26. The van der Waals surface area contributed by atoms with Crippen LogP contribution in [-0.2, 0) is 0 Å². The second kappa shape index (κ2) is 12.8. The van der Waals surface area contributed by atoms with Crippen molar-refractivity contribution in [2.75, 3.05) is 6.54 Å². The van der Waals surface area contributed by atoms with Gasteiger partial charge in [-0.25, -0.2) is 0 Å². The summed E-state index contributed by atoms with van der Waals surface area (Å²) in [5.74, 6) is 0. The van der Waals surface area contributed by atoms with Crippen LogP contribution in [0.3, 0.4) is 0 Å². The first-order valence-corrected chi connectivity index (χ1v) is 19.1. The molecule has 2 aliphatic rings. The number of rotatable bonds is 5. The Morgan fingerprint density at radius 2 is 0.727 bits per heavy atom. The van der Waals surface area contributed by atoms with E-state index in [2.05, 4.69) is 205 Å². The summed E-state index contributed by atoms with van der Waals surface area (Å²) in [6, 6.07) is 66.5. The van der Waals surface area contributed by atoms with Crippen molar-refractivity contribution in [3.05, 3.63) is 211 Å². The van der Waals surface area contributed by atoms with Crippen LogP contribution in [0.25, 0.3) is 82.0 Å². The minimum Gasteiger partial charge on any atom is -0.347 e. The van der Waals surface area contributed by atoms with Crippen molar-refractivity contribution in [2.24, 2.45) is 4.99 Å². The quantitative estimate of drug-likeness (QED) is 0.163. The van der Waals surface area contributed by atoms with E-state index in [0.29, 0.717) is 0 Å². The number of hydrogen-bond acceptors (Lipinski definition) is 2. The first-order chi connectivity index (χ1) is 27.3. The molecule has 0 fully saturated rings. The molecule has 1 atom stereocenters. The Morgan fingerprint density at radius 1 is 0.364 bits per heavy atom. The molecule has 0 aromatic heterocycles. The molecule has 2 heteroatoms. The summed E-state index contributed by atoms with van der Waals surface area (Å²) in [5, 5.41) is 10.1. The van der Waals surface area contributed by atoms with Crippen LogP contribution in [-0.4, -0.2) is 23.3 Å². The molecule has 0 aliphatic carbocycles. The van der Waals surface area contributed by atoms with Gasteiger partial charge in [-0.15, -0.1) is 0 Å². The Hall–Kier alpha value is -7.03. The monoisotopic (exact) mass is 700 g/mol. The first-order valence-electron chi connectivity index (χ1n) is 19.1. The zero-order valence-electron chi connectivity index (χ0n) is 30.2. The second-order valence-electron chi connectivity index (χ2n) is 14.6. The highest BCUT2D eigenvalue weighted by atomic mass is 15.3. The van der Waals surface area contributed by atoms with Crippen LogP contribution in [0, 0.1) is 0 Å². The second-order valence-corrected chi connectivity index (χ2v) is 14.6. The number of hydrogen-bond donors (Lipinski definition) is 0. The predicted octanol–water partition coefficient (Wildman–Crippen LogP) is 13.3. The van der Waals surface area contributed by atoms with Gasteiger partial charge in [-0.3, -0.25) is 4.99 Å². The van der Waals surface area contributed by atoms with Gasteiger partial charge in [0.1, 0.15) is 6.17 Å². The van der Waals surface area contributed by atoms with Gasteiger partial charge < -0.3 is 4.90 Å². The summed E-state index contributed by atoms with van der Waals surface area (Å²) in [6.45, 7) is 0.796. The summed E-state index contributed by atoms with van der Waals surface area (Å²) >= 11 is 0. The van der Waals surface area contributed by atoms with Crippen LogP contribution in [0.1, 0.15) is 11.1 Å². The summed E-state index contributed by atoms with van der Waals surface area (Å²) < 4.78 is 0.